The molecule has 2 N–H and O–H groups in total. The summed E-state index contributed by atoms with van der Waals surface area (Å²) >= 11 is 12.1. The number of sulfonamides is 1. The van der Waals surface area contributed by atoms with Crippen molar-refractivity contribution >= 4 is 33.2 Å². The molecule has 0 atom stereocenters. The first-order chi connectivity index (χ1) is 13.9. The number of terminal acetylenes is 1. The fourth-order valence-electron chi connectivity index (χ4n) is 2.90. The fraction of sp³-hybridized carbons (Fsp3) is 0.105. The first-order valence-corrected chi connectivity index (χ1v) is 10.4. The Hall–Kier alpha value is -2.51. The zero-order valence-corrected chi connectivity index (χ0v) is 17.2. The maximum atomic E-state index is 14.0. The van der Waals surface area contributed by atoms with E-state index in [9.17, 15) is 21.6 Å². The summed E-state index contributed by atoms with van der Waals surface area (Å²) in [6.07, 6.45) is 0.420. The van der Waals surface area contributed by atoms with Gasteiger partial charge in [0, 0.05) is 21.7 Å². The highest BCUT2D eigenvalue weighted by atomic mass is 35.5. The third-order valence-corrected chi connectivity index (χ3v) is 5.60. The van der Waals surface area contributed by atoms with Crippen LogP contribution in [0.25, 0.3) is 22.4 Å². The van der Waals surface area contributed by atoms with Crippen molar-refractivity contribution in [3.8, 4) is 34.7 Å². The van der Waals surface area contributed by atoms with Crippen molar-refractivity contribution in [2.45, 2.75) is 17.6 Å². The summed E-state index contributed by atoms with van der Waals surface area (Å²) in [5.74, 6) is 2.14. The number of nitrogens with two attached hydrogens (primary N) is 1. The average Bonchev–Trinajstić information content (AvgIpc) is 3.01. The highest BCUT2D eigenvalue weighted by molar-refractivity contribution is 7.89. The lowest BCUT2D eigenvalue weighted by atomic mass is 9.98. The lowest BCUT2D eigenvalue weighted by Crippen LogP contribution is -2.15. The Bertz CT molecular complexity index is 1260. The molecule has 0 aliphatic heterocycles. The molecule has 0 saturated heterocycles. The molecule has 0 unspecified atom stereocenters. The first-order valence-electron chi connectivity index (χ1n) is 8.13. The van der Waals surface area contributed by atoms with Gasteiger partial charge >= 0.3 is 6.18 Å². The van der Waals surface area contributed by atoms with Crippen molar-refractivity contribution in [3.05, 3.63) is 58.2 Å². The van der Waals surface area contributed by atoms with E-state index in [1.807, 2.05) is 0 Å². The molecule has 0 fully saturated rings. The molecule has 0 spiro atoms. The van der Waals surface area contributed by atoms with E-state index < -0.39 is 28.4 Å². The summed E-state index contributed by atoms with van der Waals surface area (Å²) in [6, 6.07) is 9.00. The molecule has 3 rings (SSSR count). The maximum absolute atomic E-state index is 14.0. The third-order valence-electron chi connectivity index (χ3n) is 4.12. The SMILES string of the molecule is C#CCn1nc(-c2ccc(S(N)(=O)=O)cc2)c(-c2ccc(Cl)cc2Cl)c1C(F)(F)F. The van der Waals surface area contributed by atoms with Gasteiger partial charge in [-0.1, -0.05) is 47.3 Å². The number of benzene rings is 2. The molecular formula is C19H12Cl2F3N3O2S. The Morgan fingerprint density at radius 3 is 2.27 bits per heavy atom. The molecule has 0 aliphatic carbocycles. The number of hydrogen-bond donors (Lipinski definition) is 1. The minimum absolute atomic E-state index is 0.0179. The second kappa shape index (κ2) is 7.96. The summed E-state index contributed by atoms with van der Waals surface area (Å²) < 4.78 is 65.6. The van der Waals surface area contributed by atoms with E-state index in [0.29, 0.717) is 4.68 Å². The van der Waals surface area contributed by atoms with Crippen molar-refractivity contribution in [1.29, 1.82) is 0 Å². The zero-order chi connectivity index (χ0) is 22.3. The van der Waals surface area contributed by atoms with Gasteiger partial charge in [0.1, 0.15) is 12.2 Å². The van der Waals surface area contributed by atoms with Gasteiger partial charge in [0.25, 0.3) is 0 Å². The van der Waals surface area contributed by atoms with Gasteiger partial charge in [-0.25, -0.2) is 18.2 Å². The van der Waals surface area contributed by atoms with Crippen LogP contribution in [0.2, 0.25) is 10.0 Å². The topological polar surface area (TPSA) is 78.0 Å². The van der Waals surface area contributed by atoms with Crippen LogP contribution in [0.3, 0.4) is 0 Å². The van der Waals surface area contributed by atoms with Crippen LogP contribution in [-0.4, -0.2) is 18.2 Å². The van der Waals surface area contributed by atoms with Crippen LogP contribution in [0, 0.1) is 12.3 Å². The molecule has 0 radical (unpaired) electrons. The number of primary sulfonamides is 1. The lowest BCUT2D eigenvalue weighted by molar-refractivity contribution is -0.143. The molecule has 1 heterocycles. The van der Waals surface area contributed by atoms with Crippen molar-refractivity contribution in [2.75, 3.05) is 0 Å². The monoisotopic (exact) mass is 473 g/mol. The number of halogens is 5. The van der Waals surface area contributed by atoms with Crippen LogP contribution >= 0.6 is 23.2 Å². The number of alkyl halides is 3. The van der Waals surface area contributed by atoms with Gasteiger partial charge in [0.15, 0.2) is 5.69 Å². The lowest BCUT2D eigenvalue weighted by Gasteiger charge is -2.13. The number of rotatable bonds is 4. The van der Waals surface area contributed by atoms with E-state index in [0.717, 1.165) is 0 Å². The van der Waals surface area contributed by atoms with Crippen LogP contribution in [0.4, 0.5) is 13.2 Å². The predicted octanol–water partition coefficient (Wildman–Crippen LogP) is 4.82. The summed E-state index contributed by atoms with van der Waals surface area (Å²) in [5, 5.41) is 9.35. The summed E-state index contributed by atoms with van der Waals surface area (Å²) in [6.45, 7) is -0.442. The summed E-state index contributed by atoms with van der Waals surface area (Å²) in [4.78, 5) is -0.198. The first kappa shape index (κ1) is 22.2. The molecule has 0 amide bonds. The summed E-state index contributed by atoms with van der Waals surface area (Å²) in [7, 11) is -3.98. The van der Waals surface area contributed by atoms with Crippen LogP contribution < -0.4 is 5.14 Å². The van der Waals surface area contributed by atoms with Crippen LogP contribution in [-0.2, 0) is 22.7 Å². The average molecular weight is 474 g/mol. The van der Waals surface area contributed by atoms with Crippen molar-refractivity contribution in [2.24, 2.45) is 5.14 Å². The molecule has 2 aromatic carbocycles. The van der Waals surface area contributed by atoms with Gasteiger partial charge in [0.2, 0.25) is 10.0 Å². The van der Waals surface area contributed by atoms with E-state index in [2.05, 4.69) is 11.0 Å². The Morgan fingerprint density at radius 2 is 1.77 bits per heavy atom. The Balaban J connectivity index is 2.36. The normalized spacial score (nSPS) is 12.0. The minimum Gasteiger partial charge on any atom is -0.247 e. The number of hydrogen-bond acceptors (Lipinski definition) is 3. The smallest absolute Gasteiger partial charge is 0.247 e. The van der Waals surface area contributed by atoms with Crippen LogP contribution in [0.15, 0.2) is 47.4 Å². The number of aromatic nitrogens is 2. The molecule has 0 saturated carbocycles. The predicted molar refractivity (Wildman–Crippen MR) is 108 cm³/mol. The second-order valence-electron chi connectivity index (χ2n) is 6.13. The molecule has 156 valence electrons. The van der Waals surface area contributed by atoms with Crippen LogP contribution in [0.1, 0.15) is 5.69 Å². The Kier molecular flexibility index (Phi) is 5.89. The van der Waals surface area contributed by atoms with Gasteiger partial charge in [-0.3, -0.25) is 0 Å². The molecule has 5 nitrogen and oxygen atoms in total. The van der Waals surface area contributed by atoms with E-state index in [-0.39, 0.29) is 37.3 Å². The molecule has 0 bridgehead atoms. The van der Waals surface area contributed by atoms with Gasteiger partial charge < -0.3 is 0 Å². The Morgan fingerprint density at radius 1 is 1.13 bits per heavy atom. The highest BCUT2D eigenvalue weighted by Crippen LogP contribution is 2.45. The quantitative estimate of drug-likeness (QED) is 0.551. The molecular weight excluding hydrogens is 462 g/mol. The molecule has 0 aliphatic rings. The number of nitrogens with zero attached hydrogens (tertiary/aromatic N) is 2. The largest absolute Gasteiger partial charge is 0.433 e. The van der Waals surface area contributed by atoms with Crippen molar-refractivity contribution in [3.63, 3.8) is 0 Å². The molecule has 11 heteroatoms. The summed E-state index contributed by atoms with van der Waals surface area (Å²) in [5.41, 5.74) is -1.22. The van der Waals surface area contributed by atoms with Gasteiger partial charge in [-0.05, 0) is 24.3 Å². The highest BCUT2D eigenvalue weighted by Gasteiger charge is 2.41. The van der Waals surface area contributed by atoms with E-state index >= 15 is 0 Å². The molecule has 3 aromatic rings. The van der Waals surface area contributed by atoms with Gasteiger partial charge in [0.05, 0.1) is 9.92 Å². The van der Waals surface area contributed by atoms with Crippen molar-refractivity contribution in [1.82, 2.24) is 9.78 Å². The second-order valence-corrected chi connectivity index (χ2v) is 8.53. The van der Waals surface area contributed by atoms with Gasteiger partial charge in [-0.2, -0.15) is 18.3 Å². The van der Waals surface area contributed by atoms with Gasteiger partial charge in [-0.15, -0.1) is 6.42 Å². The maximum Gasteiger partial charge on any atom is 0.433 e. The Labute approximate surface area is 180 Å². The standard InChI is InChI=1S/C19H12Cl2F3N3O2S/c1-2-9-27-18(19(22,23)24)16(14-8-5-12(20)10-15(14)21)17(26-27)11-3-6-13(7-4-11)30(25,28)29/h1,3-8,10H,9H2,(H2,25,28,29). The molecule has 30 heavy (non-hydrogen) atoms. The van der Waals surface area contributed by atoms with E-state index in [4.69, 9.17) is 34.8 Å². The van der Waals surface area contributed by atoms with Crippen molar-refractivity contribution < 1.29 is 21.6 Å². The third kappa shape index (κ3) is 4.32. The van der Waals surface area contributed by atoms with E-state index in [1.54, 1.807) is 0 Å². The zero-order valence-electron chi connectivity index (χ0n) is 14.9. The minimum atomic E-state index is -4.80. The fourth-order valence-corrected chi connectivity index (χ4v) is 3.92. The van der Waals surface area contributed by atoms with E-state index in [1.165, 1.54) is 42.5 Å². The van der Waals surface area contributed by atoms with Crippen LogP contribution in [0.5, 0.6) is 0 Å². The molecule has 1 aromatic heterocycles.